The Morgan fingerprint density at radius 2 is 1.03 bits per heavy atom. The highest BCUT2D eigenvalue weighted by molar-refractivity contribution is 6.11. The number of nitrogens with zero attached hydrogens (tertiary/aromatic N) is 5. The molecule has 6 rings (SSSR count). The number of hydrogen-bond acceptors (Lipinski definition) is 4. The van der Waals surface area contributed by atoms with Crippen LogP contribution in [0, 0.1) is 22.7 Å². The summed E-state index contributed by atoms with van der Waals surface area (Å²) in [4.78, 5) is 8.21. The van der Waals surface area contributed by atoms with Crippen LogP contribution >= 0.6 is 0 Å². The van der Waals surface area contributed by atoms with Gasteiger partial charge in [-0.1, -0.05) is 42.5 Å². The van der Waals surface area contributed by atoms with Crippen molar-refractivity contribution in [2.75, 3.05) is 0 Å². The second-order valence-electron chi connectivity index (χ2n) is 8.22. The fraction of sp³-hybridized carbons (Fsp3) is 0. The molecule has 0 fully saturated rings. The van der Waals surface area contributed by atoms with Gasteiger partial charge in [0.25, 0.3) is 0 Å². The fourth-order valence-corrected chi connectivity index (χ4v) is 4.58. The maximum absolute atomic E-state index is 9.28. The molecule has 0 amide bonds. The van der Waals surface area contributed by atoms with Gasteiger partial charge in [0.15, 0.2) is 0 Å². The zero-order valence-electron chi connectivity index (χ0n) is 18.6. The molecule has 3 heterocycles. The van der Waals surface area contributed by atoms with Crippen LogP contribution in [0.4, 0.5) is 0 Å². The average Bonchev–Trinajstić information content (AvgIpc) is 3.26. The van der Waals surface area contributed by atoms with Gasteiger partial charge in [-0.05, 0) is 70.8 Å². The van der Waals surface area contributed by atoms with Gasteiger partial charge in [0, 0.05) is 28.9 Å². The molecule has 6 aromatic rings. The number of fused-ring (bicyclic) bond motifs is 3. The molecule has 0 aliphatic carbocycles. The minimum Gasteiger partial charge on any atom is -0.309 e. The van der Waals surface area contributed by atoms with Crippen molar-refractivity contribution < 1.29 is 0 Å². The Kier molecular flexibility index (Phi) is 4.80. The van der Waals surface area contributed by atoms with Crippen LogP contribution in [-0.4, -0.2) is 14.5 Å². The molecule has 0 atom stereocenters. The van der Waals surface area contributed by atoms with Crippen molar-refractivity contribution in [2.24, 2.45) is 0 Å². The first kappa shape index (κ1) is 20.4. The van der Waals surface area contributed by atoms with Gasteiger partial charge in [0.05, 0.1) is 11.0 Å². The van der Waals surface area contributed by atoms with Gasteiger partial charge in [-0.3, -0.25) is 0 Å². The molecular weight excluding hydrogens is 430 g/mol. The minimum atomic E-state index is 0.393. The largest absolute Gasteiger partial charge is 0.309 e. The summed E-state index contributed by atoms with van der Waals surface area (Å²) in [5.41, 5.74) is 7.92. The van der Waals surface area contributed by atoms with Crippen molar-refractivity contribution in [3.8, 4) is 40.1 Å². The molecule has 5 nitrogen and oxygen atoms in total. The number of pyridine rings is 2. The van der Waals surface area contributed by atoms with Crippen LogP contribution in [0.2, 0.25) is 0 Å². The average molecular weight is 448 g/mol. The topological polar surface area (TPSA) is 78.3 Å². The molecule has 0 aliphatic heterocycles. The van der Waals surface area contributed by atoms with Crippen LogP contribution in [0.1, 0.15) is 11.4 Å². The molecule has 0 bridgehead atoms. The van der Waals surface area contributed by atoms with E-state index in [2.05, 4.69) is 75.2 Å². The minimum absolute atomic E-state index is 0.393. The number of benzene rings is 3. The number of para-hydroxylation sites is 1. The lowest BCUT2D eigenvalue weighted by atomic mass is 10.0. The number of hydrogen-bond donors (Lipinski definition) is 0. The molecule has 3 aromatic heterocycles. The normalized spacial score (nSPS) is 10.8. The van der Waals surface area contributed by atoms with Crippen molar-refractivity contribution in [1.29, 1.82) is 10.5 Å². The Morgan fingerprint density at radius 1 is 0.543 bits per heavy atom. The first-order valence-electron chi connectivity index (χ1n) is 11.1. The van der Waals surface area contributed by atoms with Crippen molar-refractivity contribution in [3.63, 3.8) is 0 Å². The van der Waals surface area contributed by atoms with Crippen LogP contribution in [0.3, 0.4) is 0 Å². The van der Waals surface area contributed by atoms with E-state index in [1.165, 1.54) is 0 Å². The molecule has 0 unspecified atom stereocenters. The second kappa shape index (κ2) is 8.26. The molecule has 162 valence electrons. The SMILES string of the molecule is N#Cc1cc(-c2ccc3c4ccc(-c5ccnc(C#N)c5)cc4n(-c4ccccc4)c3c2)ccn1. The molecule has 35 heavy (non-hydrogen) atoms. The summed E-state index contributed by atoms with van der Waals surface area (Å²) in [5.74, 6) is 0. The predicted molar refractivity (Wildman–Crippen MR) is 137 cm³/mol. The van der Waals surface area contributed by atoms with Crippen molar-refractivity contribution in [2.45, 2.75) is 0 Å². The van der Waals surface area contributed by atoms with Gasteiger partial charge >= 0.3 is 0 Å². The zero-order chi connectivity index (χ0) is 23.8. The fourth-order valence-electron chi connectivity index (χ4n) is 4.58. The van der Waals surface area contributed by atoms with Crippen LogP contribution in [0.5, 0.6) is 0 Å². The first-order chi connectivity index (χ1) is 17.2. The number of rotatable bonds is 3. The van der Waals surface area contributed by atoms with Crippen molar-refractivity contribution in [3.05, 3.63) is 115 Å². The predicted octanol–water partition coefficient (Wildman–Crippen LogP) is 6.65. The third-order valence-corrected chi connectivity index (χ3v) is 6.20. The zero-order valence-corrected chi connectivity index (χ0v) is 18.6. The maximum Gasteiger partial charge on any atom is 0.141 e. The van der Waals surface area contributed by atoms with Gasteiger partial charge < -0.3 is 4.57 Å². The molecular formula is C30H17N5. The molecule has 0 radical (unpaired) electrons. The van der Waals surface area contributed by atoms with E-state index in [1.807, 2.05) is 42.5 Å². The Balaban J connectivity index is 1.64. The standard InChI is InChI=1S/C30H17N5/c31-18-24-14-22(10-12-33-24)20-6-8-27-28-9-7-21(23-11-13-34-25(15-23)19-32)17-30(28)35(29(27)16-20)26-4-2-1-3-5-26/h1-17H. The van der Waals surface area contributed by atoms with E-state index < -0.39 is 0 Å². The summed E-state index contributed by atoms with van der Waals surface area (Å²) in [6, 6.07) is 34.8. The molecule has 0 saturated heterocycles. The van der Waals surface area contributed by atoms with E-state index in [4.69, 9.17) is 0 Å². The lowest BCUT2D eigenvalue weighted by Crippen LogP contribution is -1.94. The smallest absolute Gasteiger partial charge is 0.141 e. The lowest BCUT2D eigenvalue weighted by Gasteiger charge is -2.10. The molecule has 0 spiro atoms. The Hall–Kier alpha value is -5.26. The summed E-state index contributed by atoms with van der Waals surface area (Å²) in [7, 11) is 0. The lowest BCUT2D eigenvalue weighted by molar-refractivity contribution is 1.18. The van der Waals surface area contributed by atoms with Gasteiger partial charge in [-0.15, -0.1) is 0 Å². The molecule has 3 aromatic carbocycles. The Bertz CT molecular complexity index is 1700. The van der Waals surface area contributed by atoms with Gasteiger partial charge in [0.2, 0.25) is 0 Å². The highest BCUT2D eigenvalue weighted by Gasteiger charge is 2.15. The molecule has 0 aliphatic rings. The Morgan fingerprint density at radius 3 is 1.51 bits per heavy atom. The Labute approximate surface area is 201 Å². The summed E-state index contributed by atoms with van der Waals surface area (Å²) in [5, 5.41) is 20.8. The quantitative estimate of drug-likeness (QED) is 0.304. The summed E-state index contributed by atoms with van der Waals surface area (Å²) >= 11 is 0. The van der Waals surface area contributed by atoms with Crippen LogP contribution < -0.4 is 0 Å². The van der Waals surface area contributed by atoms with Crippen molar-refractivity contribution in [1.82, 2.24) is 14.5 Å². The third-order valence-electron chi connectivity index (χ3n) is 6.20. The first-order valence-corrected chi connectivity index (χ1v) is 11.1. The van der Waals surface area contributed by atoms with E-state index >= 15 is 0 Å². The molecule has 5 heteroatoms. The maximum atomic E-state index is 9.28. The number of aromatic nitrogens is 3. The van der Waals surface area contributed by atoms with Gasteiger partial charge in [-0.2, -0.15) is 10.5 Å². The molecule has 0 N–H and O–H groups in total. The van der Waals surface area contributed by atoms with E-state index in [0.717, 1.165) is 49.7 Å². The van der Waals surface area contributed by atoms with E-state index in [1.54, 1.807) is 12.4 Å². The van der Waals surface area contributed by atoms with Gasteiger partial charge in [0.1, 0.15) is 23.5 Å². The van der Waals surface area contributed by atoms with Crippen LogP contribution in [0.25, 0.3) is 49.7 Å². The van der Waals surface area contributed by atoms with E-state index in [-0.39, 0.29) is 0 Å². The third kappa shape index (κ3) is 3.49. The van der Waals surface area contributed by atoms with Crippen LogP contribution in [-0.2, 0) is 0 Å². The second-order valence-corrected chi connectivity index (χ2v) is 8.22. The summed E-state index contributed by atoms with van der Waals surface area (Å²) in [6.45, 7) is 0. The monoisotopic (exact) mass is 447 g/mol. The van der Waals surface area contributed by atoms with E-state index in [0.29, 0.717) is 11.4 Å². The summed E-state index contributed by atoms with van der Waals surface area (Å²) in [6.07, 6.45) is 3.34. The number of nitriles is 2. The summed E-state index contributed by atoms with van der Waals surface area (Å²) < 4.78 is 2.26. The highest BCUT2D eigenvalue weighted by atomic mass is 15.0. The van der Waals surface area contributed by atoms with Crippen LogP contribution in [0.15, 0.2) is 103 Å². The highest BCUT2D eigenvalue weighted by Crippen LogP contribution is 2.36. The van der Waals surface area contributed by atoms with E-state index in [9.17, 15) is 10.5 Å². The molecule has 0 saturated carbocycles. The van der Waals surface area contributed by atoms with Gasteiger partial charge in [-0.25, -0.2) is 9.97 Å². The van der Waals surface area contributed by atoms with Crippen molar-refractivity contribution >= 4 is 21.8 Å².